The fraction of sp³-hybridized carbons (Fsp3) is 0.632. The van der Waals surface area contributed by atoms with E-state index in [9.17, 15) is 9.59 Å². The maximum absolute atomic E-state index is 12.6. The number of carbonyl (C=O) groups is 1. The Labute approximate surface area is 164 Å². The molecule has 2 aliphatic rings. The van der Waals surface area contributed by atoms with Crippen LogP contribution < -0.4 is 11.0 Å². The van der Waals surface area contributed by atoms with Gasteiger partial charge in [0.1, 0.15) is 5.03 Å². The minimum Gasteiger partial charge on any atom is -0.379 e. The lowest BCUT2D eigenvalue weighted by Crippen LogP contribution is -2.37. The molecule has 3 rings (SSSR count). The van der Waals surface area contributed by atoms with Crippen molar-refractivity contribution < 1.29 is 9.53 Å². The third kappa shape index (κ3) is 5.43. The molecule has 1 aromatic rings. The summed E-state index contributed by atoms with van der Waals surface area (Å²) in [6.07, 6.45) is 5.48. The van der Waals surface area contributed by atoms with Crippen LogP contribution in [0.1, 0.15) is 24.1 Å². The molecule has 1 aromatic heterocycles. The van der Waals surface area contributed by atoms with Crippen molar-refractivity contribution in [1.82, 2.24) is 19.8 Å². The second-order valence-corrected chi connectivity index (χ2v) is 7.78. The second-order valence-electron chi connectivity index (χ2n) is 6.82. The van der Waals surface area contributed by atoms with E-state index in [0.29, 0.717) is 13.1 Å². The number of fused-ring (bicyclic) bond motifs is 1. The molecule has 1 fully saturated rings. The minimum absolute atomic E-state index is 0.0665. The molecule has 1 aliphatic heterocycles. The zero-order valence-electron chi connectivity index (χ0n) is 15.7. The van der Waals surface area contributed by atoms with Crippen LogP contribution in [0, 0.1) is 0 Å². The highest BCUT2D eigenvalue weighted by Gasteiger charge is 2.22. The number of rotatable bonds is 9. The first-order valence-electron chi connectivity index (χ1n) is 9.62. The molecule has 27 heavy (non-hydrogen) atoms. The number of aromatic nitrogens is 2. The quantitative estimate of drug-likeness (QED) is 0.381. The van der Waals surface area contributed by atoms with Crippen molar-refractivity contribution in [2.75, 3.05) is 45.1 Å². The molecule has 8 heteroatoms. The summed E-state index contributed by atoms with van der Waals surface area (Å²) in [7, 11) is 0. The number of hydrogen-bond acceptors (Lipinski definition) is 6. The van der Waals surface area contributed by atoms with E-state index in [1.807, 2.05) is 4.57 Å². The summed E-state index contributed by atoms with van der Waals surface area (Å²) < 4.78 is 7.23. The third-order valence-corrected chi connectivity index (χ3v) is 5.96. The second kappa shape index (κ2) is 10.1. The molecule has 7 nitrogen and oxygen atoms in total. The molecule has 1 amide bonds. The van der Waals surface area contributed by atoms with Gasteiger partial charge in [0.05, 0.1) is 19.0 Å². The maximum atomic E-state index is 12.6. The van der Waals surface area contributed by atoms with E-state index in [0.717, 1.165) is 74.8 Å². The van der Waals surface area contributed by atoms with Gasteiger partial charge < -0.3 is 10.1 Å². The summed E-state index contributed by atoms with van der Waals surface area (Å²) >= 11 is 1.36. The Bertz CT molecular complexity index is 728. The fourth-order valence-corrected chi connectivity index (χ4v) is 4.49. The number of hydrogen-bond donors (Lipinski definition) is 1. The van der Waals surface area contributed by atoms with Crippen LogP contribution >= 0.6 is 11.8 Å². The molecule has 0 saturated carbocycles. The van der Waals surface area contributed by atoms with Crippen LogP contribution in [0.3, 0.4) is 0 Å². The number of amides is 1. The monoisotopic (exact) mass is 392 g/mol. The predicted molar refractivity (Wildman–Crippen MR) is 106 cm³/mol. The minimum atomic E-state index is -0.188. The first-order valence-corrected chi connectivity index (χ1v) is 10.6. The van der Waals surface area contributed by atoms with Gasteiger partial charge in [0, 0.05) is 44.0 Å². The Morgan fingerprint density at radius 1 is 1.30 bits per heavy atom. The van der Waals surface area contributed by atoms with Crippen LogP contribution in [-0.2, 0) is 28.9 Å². The molecular weight excluding hydrogens is 364 g/mol. The van der Waals surface area contributed by atoms with Gasteiger partial charge in [-0.1, -0.05) is 17.8 Å². The number of thioether (sulfide) groups is 1. The topological polar surface area (TPSA) is 76.5 Å². The van der Waals surface area contributed by atoms with Gasteiger partial charge in [0.25, 0.3) is 0 Å². The number of carbonyl (C=O) groups excluding carboxylic acids is 1. The average molecular weight is 393 g/mol. The van der Waals surface area contributed by atoms with Gasteiger partial charge in [-0.3, -0.25) is 14.3 Å². The molecule has 0 bridgehead atoms. The molecule has 0 radical (unpaired) electrons. The molecule has 0 spiro atoms. The zero-order valence-corrected chi connectivity index (χ0v) is 16.6. The highest BCUT2D eigenvalue weighted by Crippen LogP contribution is 2.29. The summed E-state index contributed by atoms with van der Waals surface area (Å²) in [6.45, 7) is 9.25. The van der Waals surface area contributed by atoms with E-state index in [-0.39, 0.29) is 17.3 Å². The van der Waals surface area contributed by atoms with E-state index in [1.165, 1.54) is 11.8 Å². The smallest absolute Gasteiger partial charge is 0.348 e. The first kappa shape index (κ1) is 20.1. The number of nitrogens with one attached hydrogen (secondary N) is 1. The molecular formula is C19H28N4O3S. The summed E-state index contributed by atoms with van der Waals surface area (Å²) in [5, 5.41) is 3.48. The van der Waals surface area contributed by atoms with E-state index in [2.05, 4.69) is 21.8 Å². The average Bonchev–Trinajstić information content (AvgIpc) is 3.17. The molecule has 2 heterocycles. The lowest BCUT2D eigenvalue weighted by Gasteiger charge is -2.26. The van der Waals surface area contributed by atoms with Gasteiger partial charge in [-0.2, -0.15) is 4.98 Å². The Morgan fingerprint density at radius 3 is 2.89 bits per heavy atom. The molecule has 1 N–H and O–H groups in total. The van der Waals surface area contributed by atoms with Crippen molar-refractivity contribution in [3.05, 3.63) is 34.4 Å². The Hall–Kier alpha value is -1.64. The largest absolute Gasteiger partial charge is 0.379 e. The van der Waals surface area contributed by atoms with E-state index < -0.39 is 0 Å². The molecule has 1 aliphatic carbocycles. The SMILES string of the molecule is C=CCNC(=O)CSc1nc(=O)n(CCCN2CCOCC2)c2c1CCC2. The number of nitrogens with zero attached hydrogens (tertiary/aromatic N) is 3. The van der Waals surface area contributed by atoms with Crippen molar-refractivity contribution >= 4 is 17.7 Å². The number of morpholine rings is 1. The Balaban J connectivity index is 1.62. The molecule has 0 aromatic carbocycles. The standard InChI is InChI=1S/C19H28N4O3S/c1-2-7-20-17(24)14-27-18-15-5-3-6-16(15)23(19(25)21-18)9-4-8-22-10-12-26-13-11-22/h2H,1,3-14H2,(H,20,24). The van der Waals surface area contributed by atoms with Crippen LogP contribution in [0.5, 0.6) is 0 Å². The van der Waals surface area contributed by atoms with Gasteiger partial charge in [0.15, 0.2) is 0 Å². The van der Waals surface area contributed by atoms with E-state index in [1.54, 1.807) is 6.08 Å². The van der Waals surface area contributed by atoms with Gasteiger partial charge in [-0.15, -0.1) is 6.58 Å². The number of ether oxygens (including phenoxy) is 1. The van der Waals surface area contributed by atoms with Gasteiger partial charge >= 0.3 is 5.69 Å². The van der Waals surface area contributed by atoms with Crippen LogP contribution in [-0.4, -0.2) is 65.5 Å². The molecule has 148 valence electrons. The van der Waals surface area contributed by atoms with Crippen LogP contribution in [0.25, 0.3) is 0 Å². The van der Waals surface area contributed by atoms with E-state index >= 15 is 0 Å². The predicted octanol–water partition coefficient (Wildman–Crippen LogP) is 0.849. The highest BCUT2D eigenvalue weighted by molar-refractivity contribution is 7.99. The summed E-state index contributed by atoms with van der Waals surface area (Å²) in [4.78, 5) is 31.1. The van der Waals surface area contributed by atoms with Crippen LogP contribution in [0.4, 0.5) is 0 Å². The van der Waals surface area contributed by atoms with Gasteiger partial charge in [-0.25, -0.2) is 4.79 Å². The summed E-state index contributed by atoms with van der Waals surface area (Å²) in [5.41, 5.74) is 2.08. The maximum Gasteiger partial charge on any atom is 0.348 e. The lowest BCUT2D eigenvalue weighted by molar-refractivity contribution is -0.118. The zero-order chi connectivity index (χ0) is 19.1. The fourth-order valence-electron chi connectivity index (χ4n) is 3.58. The van der Waals surface area contributed by atoms with E-state index in [4.69, 9.17) is 4.74 Å². The third-order valence-electron chi connectivity index (χ3n) is 4.94. The molecule has 1 saturated heterocycles. The first-order chi connectivity index (χ1) is 13.2. The van der Waals surface area contributed by atoms with Crippen molar-refractivity contribution in [1.29, 1.82) is 0 Å². The summed E-state index contributed by atoms with van der Waals surface area (Å²) in [6, 6.07) is 0. The summed E-state index contributed by atoms with van der Waals surface area (Å²) in [5.74, 6) is 0.205. The van der Waals surface area contributed by atoms with Crippen molar-refractivity contribution in [2.45, 2.75) is 37.3 Å². The highest BCUT2D eigenvalue weighted by atomic mass is 32.2. The Morgan fingerprint density at radius 2 is 2.11 bits per heavy atom. The normalized spacial score (nSPS) is 16.9. The van der Waals surface area contributed by atoms with Crippen LogP contribution in [0.2, 0.25) is 0 Å². The Kier molecular flexibility index (Phi) is 7.49. The van der Waals surface area contributed by atoms with Crippen molar-refractivity contribution in [3.8, 4) is 0 Å². The van der Waals surface area contributed by atoms with Crippen molar-refractivity contribution in [3.63, 3.8) is 0 Å². The van der Waals surface area contributed by atoms with Crippen molar-refractivity contribution in [2.24, 2.45) is 0 Å². The lowest BCUT2D eigenvalue weighted by atomic mass is 10.2. The molecule has 0 atom stereocenters. The van der Waals surface area contributed by atoms with Gasteiger partial charge in [-0.05, 0) is 25.7 Å². The molecule has 0 unspecified atom stereocenters. The van der Waals surface area contributed by atoms with Gasteiger partial charge in [0.2, 0.25) is 5.91 Å². The van der Waals surface area contributed by atoms with Crippen LogP contribution in [0.15, 0.2) is 22.5 Å².